The van der Waals surface area contributed by atoms with Gasteiger partial charge in [-0.2, -0.15) is 0 Å². The summed E-state index contributed by atoms with van der Waals surface area (Å²) >= 11 is 0. The molecule has 0 saturated heterocycles. The highest BCUT2D eigenvalue weighted by Crippen LogP contribution is 2.14. The van der Waals surface area contributed by atoms with Gasteiger partial charge in [0.05, 0.1) is 24.9 Å². The van der Waals surface area contributed by atoms with Crippen molar-refractivity contribution in [1.29, 1.82) is 0 Å². The van der Waals surface area contributed by atoms with E-state index in [4.69, 9.17) is 0 Å². The number of hydrogen-bond acceptors (Lipinski definition) is 2. The molecule has 4 nitrogen and oxygen atoms in total. The van der Waals surface area contributed by atoms with Crippen molar-refractivity contribution in [3.05, 3.63) is 66.5 Å². The maximum atomic E-state index is 13.2. The maximum Gasteiger partial charge on any atom is 0.126 e. The number of hydrogen-bond donors (Lipinski definition) is 0. The normalized spacial score (nSPS) is 10.8. The van der Waals surface area contributed by atoms with Crippen LogP contribution in [0.5, 0.6) is 0 Å². The standard InChI is InChI=1S/C14H13FN4/c1-11-6-13(2-3-14(11)15)19-8-12(17-10-19)7-18-5-4-16-9-18/h2-6,8-10H,7H2,1H3. The average molecular weight is 256 g/mol. The zero-order valence-electron chi connectivity index (χ0n) is 10.5. The van der Waals surface area contributed by atoms with E-state index in [0.29, 0.717) is 12.1 Å². The van der Waals surface area contributed by atoms with Gasteiger partial charge in [-0.05, 0) is 30.7 Å². The van der Waals surface area contributed by atoms with Gasteiger partial charge < -0.3 is 9.13 Å². The number of aromatic nitrogens is 4. The minimum Gasteiger partial charge on any atom is -0.331 e. The first kappa shape index (κ1) is 11.6. The molecule has 0 radical (unpaired) electrons. The Balaban J connectivity index is 1.86. The lowest BCUT2D eigenvalue weighted by Crippen LogP contribution is -1.96. The largest absolute Gasteiger partial charge is 0.331 e. The molecule has 0 unspecified atom stereocenters. The van der Waals surface area contributed by atoms with Gasteiger partial charge in [-0.3, -0.25) is 0 Å². The van der Waals surface area contributed by atoms with Crippen molar-refractivity contribution in [2.75, 3.05) is 0 Å². The number of imidazole rings is 2. The lowest BCUT2D eigenvalue weighted by atomic mass is 10.2. The molecule has 3 rings (SSSR count). The molecule has 2 heterocycles. The molecule has 2 aromatic heterocycles. The predicted octanol–water partition coefficient (Wildman–Crippen LogP) is 2.56. The fourth-order valence-corrected chi connectivity index (χ4v) is 1.94. The predicted molar refractivity (Wildman–Crippen MR) is 69.6 cm³/mol. The van der Waals surface area contributed by atoms with Gasteiger partial charge in [0, 0.05) is 24.3 Å². The Morgan fingerprint density at radius 3 is 2.89 bits per heavy atom. The molecular weight excluding hydrogens is 243 g/mol. The smallest absolute Gasteiger partial charge is 0.126 e. The van der Waals surface area contributed by atoms with Gasteiger partial charge in [-0.25, -0.2) is 14.4 Å². The number of benzene rings is 1. The molecular formula is C14H13FN4. The van der Waals surface area contributed by atoms with Crippen LogP contribution in [-0.4, -0.2) is 19.1 Å². The number of halogens is 1. The zero-order chi connectivity index (χ0) is 13.2. The summed E-state index contributed by atoms with van der Waals surface area (Å²) in [5.41, 5.74) is 2.46. The molecule has 0 N–H and O–H groups in total. The van der Waals surface area contributed by atoms with Crippen LogP contribution < -0.4 is 0 Å². The van der Waals surface area contributed by atoms with Crippen LogP contribution in [0.15, 0.2) is 49.4 Å². The van der Waals surface area contributed by atoms with Crippen LogP contribution in [0.1, 0.15) is 11.3 Å². The third-order valence-electron chi connectivity index (χ3n) is 2.98. The van der Waals surface area contributed by atoms with Gasteiger partial charge in [0.25, 0.3) is 0 Å². The fourth-order valence-electron chi connectivity index (χ4n) is 1.94. The molecule has 0 atom stereocenters. The molecule has 0 aliphatic heterocycles. The Morgan fingerprint density at radius 2 is 2.16 bits per heavy atom. The molecule has 96 valence electrons. The third kappa shape index (κ3) is 2.40. The van der Waals surface area contributed by atoms with Crippen molar-refractivity contribution in [1.82, 2.24) is 19.1 Å². The summed E-state index contributed by atoms with van der Waals surface area (Å²) in [6.07, 6.45) is 9.05. The van der Waals surface area contributed by atoms with Crippen LogP contribution in [-0.2, 0) is 6.54 Å². The maximum absolute atomic E-state index is 13.2. The van der Waals surface area contributed by atoms with Crippen molar-refractivity contribution in [3.8, 4) is 5.69 Å². The molecule has 0 aliphatic rings. The first-order chi connectivity index (χ1) is 9.22. The van der Waals surface area contributed by atoms with E-state index in [0.717, 1.165) is 11.4 Å². The van der Waals surface area contributed by atoms with E-state index in [2.05, 4.69) is 9.97 Å². The molecule has 0 saturated carbocycles. The second-order valence-corrected chi connectivity index (χ2v) is 4.44. The fraction of sp³-hybridized carbons (Fsp3) is 0.143. The number of nitrogens with zero attached hydrogens (tertiary/aromatic N) is 4. The van der Waals surface area contributed by atoms with Crippen molar-refractivity contribution < 1.29 is 4.39 Å². The minimum atomic E-state index is -0.192. The second kappa shape index (κ2) is 4.68. The summed E-state index contributed by atoms with van der Waals surface area (Å²) in [6.45, 7) is 2.43. The van der Waals surface area contributed by atoms with Gasteiger partial charge >= 0.3 is 0 Å². The Bertz CT molecular complexity index is 685. The zero-order valence-corrected chi connectivity index (χ0v) is 10.5. The van der Waals surface area contributed by atoms with E-state index in [1.54, 1.807) is 37.9 Å². The molecule has 1 aromatic carbocycles. The molecule has 0 aliphatic carbocycles. The lowest BCUT2D eigenvalue weighted by Gasteiger charge is -2.03. The number of rotatable bonds is 3. The topological polar surface area (TPSA) is 35.6 Å². The van der Waals surface area contributed by atoms with Gasteiger partial charge in [-0.1, -0.05) is 0 Å². The highest BCUT2D eigenvalue weighted by atomic mass is 19.1. The van der Waals surface area contributed by atoms with Crippen molar-refractivity contribution in [2.24, 2.45) is 0 Å². The van der Waals surface area contributed by atoms with Crippen LogP contribution in [0.2, 0.25) is 0 Å². The summed E-state index contributed by atoms with van der Waals surface area (Å²) in [6, 6.07) is 5.02. The Morgan fingerprint density at radius 1 is 1.26 bits per heavy atom. The summed E-state index contributed by atoms with van der Waals surface area (Å²) in [5, 5.41) is 0. The third-order valence-corrected chi connectivity index (χ3v) is 2.98. The van der Waals surface area contributed by atoms with E-state index in [1.165, 1.54) is 6.07 Å². The van der Waals surface area contributed by atoms with Gasteiger partial charge in [0.1, 0.15) is 5.82 Å². The van der Waals surface area contributed by atoms with E-state index >= 15 is 0 Å². The van der Waals surface area contributed by atoms with Crippen LogP contribution >= 0.6 is 0 Å². The van der Waals surface area contributed by atoms with E-state index in [1.807, 2.05) is 21.5 Å². The Labute approximate surface area is 110 Å². The first-order valence-electron chi connectivity index (χ1n) is 5.97. The molecule has 0 spiro atoms. The van der Waals surface area contributed by atoms with Crippen molar-refractivity contribution in [2.45, 2.75) is 13.5 Å². The Hall–Kier alpha value is -2.43. The summed E-state index contributed by atoms with van der Waals surface area (Å²) < 4.78 is 17.1. The minimum absolute atomic E-state index is 0.192. The summed E-state index contributed by atoms with van der Waals surface area (Å²) in [4.78, 5) is 8.33. The lowest BCUT2D eigenvalue weighted by molar-refractivity contribution is 0.618. The SMILES string of the molecule is Cc1cc(-n2cnc(Cn3ccnc3)c2)ccc1F. The van der Waals surface area contributed by atoms with E-state index in [-0.39, 0.29) is 5.82 Å². The van der Waals surface area contributed by atoms with Crippen LogP contribution in [0.3, 0.4) is 0 Å². The van der Waals surface area contributed by atoms with Crippen molar-refractivity contribution >= 4 is 0 Å². The first-order valence-corrected chi connectivity index (χ1v) is 5.97. The van der Waals surface area contributed by atoms with Gasteiger partial charge in [-0.15, -0.1) is 0 Å². The van der Waals surface area contributed by atoms with Gasteiger partial charge in [0.2, 0.25) is 0 Å². The highest BCUT2D eigenvalue weighted by molar-refractivity contribution is 5.36. The van der Waals surface area contributed by atoms with Crippen LogP contribution in [0, 0.1) is 12.7 Å². The summed E-state index contributed by atoms with van der Waals surface area (Å²) in [7, 11) is 0. The Kier molecular flexibility index (Phi) is 2.87. The molecule has 0 amide bonds. The number of aryl methyl sites for hydroxylation is 1. The molecule has 0 bridgehead atoms. The van der Waals surface area contributed by atoms with E-state index < -0.39 is 0 Å². The van der Waals surface area contributed by atoms with Crippen molar-refractivity contribution in [3.63, 3.8) is 0 Å². The van der Waals surface area contributed by atoms with Crippen LogP contribution in [0.4, 0.5) is 4.39 Å². The quantitative estimate of drug-likeness (QED) is 0.722. The van der Waals surface area contributed by atoms with Gasteiger partial charge in [0.15, 0.2) is 0 Å². The van der Waals surface area contributed by atoms with Crippen LogP contribution in [0.25, 0.3) is 5.69 Å². The highest BCUT2D eigenvalue weighted by Gasteiger charge is 2.04. The molecule has 5 heteroatoms. The second-order valence-electron chi connectivity index (χ2n) is 4.44. The summed E-state index contributed by atoms with van der Waals surface area (Å²) in [5.74, 6) is -0.192. The average Bonchev–Trinajstić information content (AvgIpc) is 3.05. The monoisotopic (exact) mass is 256 g/mol. The molecule has 0 fully saturated rings. The van der Waals surface area contributed by atoms with E-state index in [9.17, 15) is 4.39 Å². The molecule has 3 aromatic rings. The molecule has 19 heavy (non-hydrogen) atoms.